The lowest BCUT2D eigenvalue weighted by atomic mass is 9.72. The van der Waals surface area contributed by atoms with Crippen molar-refractivity contribution in [3.63, 3.8) is 0 Å². The Balaban J connectivity index is 0.000000225. The van der Waals surface area contributed by atoms with Crippen LogP contribution in [0.5, 0.6) is 11.5 Å². The number of carbonyl (C=O) groups is 3. The van der Waals surface area contributed by atoms with E-state index in [4.69, 9.17) is 15.2 Å². The molecular weight excluding hydrogens is 1120 g/mol. The Bertz CT molecular complexity index is 3390. The molecular formula is C62H74F6N4O9S2. The summed E-state index contributed by atoms with van der Waals surface area (Å²) in [6.45, 7) is 13.8. The van der Waals surface area contributed by atoms with E-state index in [9.17, 15) is 57.6 Å². The molecule has 0 bridgehead atoms. The highest BCUT2D eigenvalue weighted by molar-refractivity contribution is 7.90. The van der Waals surface area contributed by atoms with Gasteiger partial charge in [0, 0.05) is 38.0 Å². The zero-order valence-corrected chi connectivity index (χ0v) is 49.1. The first-order chi connectivity index (χ1) is 38.9. The quantitative estimate of drug-likeness (QED) is 0.0408. The maximum atomic E-state index is 14.2. The highest BCUT2D eigenvalue weighted by Crippen LogP contribution is 2.46. The van der Waals surface area contributed by atoms with Crippen molar-refractivity contribution < 1.29 is 67.0 Å². The summed E-state index contributed by atoms with van der Waals surface area (Å²) < 4.78 is 147. The fraction of sp³-hybridized carbons (Fsp3) is 0.435. The summed E-state index contributed by atoms with van der Waals surface area (Å²) in [5.74, 6) is -0.405. The Morgan fingerprint density at radius 3 is 1.36 bits per heavy atom. The molecule has 0 saturated heterocycles. The predicted octanol–water partition coefficient (Wildman–Crippen LogP) is 13.3. The van der Waals surface area contributed by atoms with Crippen molar-refractivity contribution >= 4 is 59.7 Å². The van der Waals surface area contributed by atoms with Gasteiger partial charge < -0.3 is 20.5 Å². The second-order valence-corrected chi connectivity index (χ2v) is 26.5. The van der Waals surface area contributed by atoms with Crippen LogP contribution in [0.15, 0.2) is 131 Å². The van der Waals surface area contributed by atoms with E-state index in [1.165, 1.54) is 60.7 Å². The Kier molecular flexibility index (Phi) is 22.0. The minimum Gasteiger partial charge on any atom is -0.490 e. The molecule has 8 rings (SSSR count). The second kappa shape index (κ2) is 27.9. The van der Waals surface area contributed by atoms with Gasteiger partial charge >= 0.3 is 12.4 Å². The van der Waals surface area contributed by atoms with E-state index in [1.54, 1.807) is 60.7 Å². The van der Waals surface area contributed by atoms with Crippen LogP contribution in [0.25, 0.3) is 21.5 Å². The fourth-order valence-electron chi connectivity index (χ4n) is 10.4. The molecule has 2 saturated carbocycles. The first-order valence-electron chi connectivity index (χ1n) is 27.6. The molecule has 2 fully saturated rings. The molecule has 2 aliphatic rings. The van der Waals surface area contributed by atoms with Gasteiger partial charge in [-0.15, -0.1) is 0 Å². The van der Waals surface area contributed by atoms with Crippen LogP contribution in [0.4, 0.5) is 26.3 Å². The monoisotopic (exact) mass is 1200 g/mol. The van der Waals surface area contributed by atoms with Crippen molar-refractivity contribution in [3.8, 4) is 11.5 Å². The number of ether oxygens (including phenoxy) is 2. The van der Waals surface area contributed by atoms with Crippen molar-refractivity contribution in [1.29, 1.82) is 0 Å². The van der Waals surface area contributed by atoms with Gasteiger partial charge in [0.05, 0.1) is 22.0 Å². The normalized spacial score (nSPS) is 17.9. The number of alkyl halides is 6. The van der Waals surface area contributed by atoms with Crippen LogP contribution in [0.2, 0.25) is 0 Å². The molecule has 21 heteroatoms. The van der Waals surface area contributed by atoms with Gasteiger partial charge in [-0.25, -0.2) is 26.3 Å². The van der Waals surface area contributed by atoms with Crippen LogP contribution in [0, 0.1) is 22.7 Å². The number of aldehydes is 1. The minimum absolute atomic E-state index is 0.00262. The minimum atomic E-state index is -4.58. The third-order valence-corrected chi connectivity index (χ3v) is 17.8. The number of benzene rings is 6. The van der Waals surface area contributed by atoms with Gasteiger partial charge in [0.1, 0.15) is 28.9 Å². The molecule has 2 amide bonds. The van der Waals surface area contributed by atoms with E-state index < -0.39 is 55.3 Å². The Morgan fingerprint density at radius 2 is 0.964 bits per heavy atom. The lowest BCUT2D eigenvalue weighted by Gasteiger charge is -2.37. The topological polar surface area (TPSA) is 200 Å². The summed E-state index contributed by atoms with van der Waals surface area (Å²) in [5, 5.41) is 4.01. The maximum absolute atomic E-state index is 14.2. The van der Waals surface area contributed by atoms with Crippen molar-refractivity contribution in [2.24, 2.45) is 28.4 Å². The average Bonchev–Trinajstić information content (AvgIpc) is 2.58. The standard InChI is InChI=1S/C31H37F3N2O4S.C22H25F3O2.C9H12N2O3S/c1-30(2,3)23-11-13-24(14-12-23)40-27-16-10-22-19-21(9-15-26(22)29(27)31(32,33)34)20-35-18-17-28(37)36-41(38,39)25-7-5-4-6-8-25;1-21(2,3)16-6-8-17(9-7-16)27-19-11-5-15-12-14(13-26)4-10-18(15)20(19)22(23,24)25;10-7-6-9(12)11-15(13,14)8-4-2-1-3-5-8/h4-10,15-16,19,23-24,35H,11-14,17-18,20H2,1-3H3,(H,36,37);4-5,10-13,16-17H,6-9H2,1-3H3;1-5H,6-7,10H2,(H,11,12). The number of fused-ring (bicyclic) bond motifs is 2. The van der Waals surface area contributed by atoms with E-state index in [-0.39, 0.29) is 81.0 Å². The first kappa shape index (κ1) is 65.6. The molecule has 83 heavy (non-hydrogen) atoms. The Labute approximate surface area is 482 Å². The summed E-state index contributed by atoms with van der Waals surface area (Å²) in [6, 6.07) is 30.3. The molecule has 0 unspecified atom stereocenters. The number of hydrogen-bond acceptors (Lipinski definition) is 11. The molecule has 2 aliphatic carbocycles. The smallest absolute Gasteiger partial charge is 0.420 e. The van der Waals surface area contributed by atoms with Crippen molar-refractivity contribution in [2.75, 3.05) is 13.1 Å². The molecule has 6 aromatic rings. The average molecular weight is 1200 g/mol. The van der Waals surface area contributed by atoms with Gasteiger partial charge in [0.15, 0.2) is 0 Å². The number of nitrogens with one attached hydrogen (secondary N) is 3. The van der Waals surface area contributed by atoms with Gasteiger partial charge in [-0.1, -0.05) is 114 Å². The first-order valence-corrected chi connectivity index (χ1v) is 30.5. The van der Waals surface area contributed by atoms with Crippen LogP contribution in [-0.4, -0.2) is 60.2 Å². The molecule has 450 valence electrons. The molecule has 5 N–H and O–H groups in total. The van der Waals surface area contributed by atoms with E-state index in [0.29, 0.717) is 41.0 Å². The second-order valence-electron chi connectivity index (χ2n) is 23.1. The number of rotatable bonds is 16. The molecule has 0 heterocycles. The predicted molar refractivity (Wildman–Crippen MR) is 308 cm³/mol. The number of nitrogens with two attached hydrogens (primary N) is 1. The molecule has 13 nitrogen and oxygen atoms in total. The molecule has 0 aromatic heterocycles. The van der Waals surface area contributed by atoms with E-state index in [0.717, 1.165) is 56.9 Å². The van der Waals surface area contributed by atoms with Gasteiger partial charge in [0.25, 0.3) is 20.0 Å². The highest BCUT2D eigenvalue weighted by atomic mass is 32.2. The lowest BCUT2D eigenvalue weighted by Crippen LogP contribution is -2.32. The molecule has 0 aliphatic heterocycles. The van der Waals surface area contributed by atoms with Crippen LogP contribution in [0.1, 0.15) is 133 Å². The third kappa shape index (κ3) is 18.7. The third-order valence-electron chi connectivity index (χ3n) is 15.0. The van der Waals surface area contributed by atoms with Crippen LogP contribution < -0.4 is 30.0 Å². The SMILES string of the molecule is CC(C)(C)C1CCC(Oc2ccc3cc(C=O)ccc3c2C(F)(F)F)CC1.CC(C)(C)C1CCC(Oc2ccc3cc(CNCCC(=O)NS(=O)(=O)c4ccccc4)ccc3c2C(F)(F)F)CC1.NCCC(=O)NS(=O)(=O)c1ccccc1. The molecule has 6 aromatic carbocycles. The van der Waals surface area contributed by atoms with Gasteiger partial charge in [-0.05, 0) is 150 Å². The number of halogens is 6. The van der Waals surface area contributed by atoms with Gasteiger partial charge in [-0.3, -0.25) is 14.4 Å². The van der Waals surface area contributed by atoms with Crippen molar-refractivity contribution in [2.45, 2.75) is 147 Å². The van der Waals surface area contributed by atoms with Gasteiger partial charge in [-0.2, -0.15) is 26.3 Å². The largest absolute Gasteiger partial charge is 0.490 e. The maximum Gasteiger partial charge on any atom is 0.420 e. The van der Waals surface area contributed by atoms with Crippen LogP contribution in [-0.2, 0) is 48.5 Å². The summed E-state index contributed by atoms with van der Waals surface area (Å²) >= 11 is 0. The number of carbonyl (C=O) groups excluding carboxylic acids is 3. The zero-order chi connectivity index (χ0) is 61.0. The highest BCUT2D eigenvalue weighted by Gasteiger charge is 2.40. The van der Waals surface area contributed by atoms with Gasteiger partial charge in [0.2, 0.25) is 11.8 Å². The Hall–Kier alpha value is -6.55. The summed E-state index contributed by atoms with van der Waals surface area (Å²) in [6.07, 6.45) is -2.21. The number of hydrogen-bond donors (Lipinski definition) is 4. The lowest BCUT2D eigenvalue weighted by molar-refractivity contribution is -0.139. The fourth-order valence-corrected chi connectivity index (χ4v) is 12.5. The zero-order valence-electron chi connectivity index (χ0n) is 47.5. The summed E-state index contributed by atoms with van der Waals surface area (Å²) in [4.78, 5) is 34.2. The van der Waals surface area contributed by atoms with Crippen molar-refractivity contribution in [1.82, 2.24) is 14.8 Å². The van der Waals surface area contributed by atoms with Crippen LogP contribution in [0.3, 0.4) is 0 Å². The van der Waals surface area contributed by atoms with E-state index in [2.05, 4.69) is 46.9 Å². The van der Waals surface area contributed by atoms with Crippen molar-refractivity contribution in [3.05, 3.63) is 144 Å². The Morgan fingerprint density at radius 1 is 0.554 bits per heavy atom. The number of sulfonamides is 2. The number of amides is 2. The van der Waals surface area contributed by atoms with E-state index >= 15 is 0 Å². The molecule has 0 radical (unpaired) electrons. The summed E-state index contributed by atoms with van der Waals surface area (Å²) in [7, 11) is -7.68. The summed E-state index contributed by atoms with van der Waals surface area (Å²) in [5.41, 5.74) is 5.09. The van der Waals surface area contributed by atoms with Crippen LogP contribution >= 0.6 is 0 Å². The molecule has 0 atom stereocenters. The van der Waals surface area contributed by atoms with E-state index in [1.807, 2.05) is 9.44 Å². The molecule has 0 spiro atoms.